The second-order valence-corrected chi connectivity index (χ2v) is 5.10. The molecule has 0 saturated carbocycles. The van der Waals surface area contributed by atoms with Crippen LogP contribution in [0.3, 0.4) is 0 Å². The maximum atomic E-state index is 11.2. The summed E-state index contributed by atoms with van der Waals surface area (Å²) in [6.07, 6.45) is 0. The second-order valence-electron chi connectivity index (χ2n) is 4.21. The van der Waals surface area contributed by atoms with Gasteiger partial charge in [-0.25, -0.2) is 4.98 Å². The van der Waals surface area contributed by atoms with Gasteiger partial charge in [0.15, 0.2) is 0 Å². The van der Waals surface area contributed by atoms with Gasteiger partial charge in [-0.3, -0.25) is 9.69 Å². The van der Waals surface area contributed by atoms with Gasteiger partial charge in [0.2, 0.25) is 0 Å². The number of likely N-dealkylation sites (N-methyl/N-ethyl adjacent to an activating group) is 1. The molecule has 0 aliphatic rings. The Bertz CT molecular complexity index is 363. The molecule has 0 spiro atoms. The number of nitrogens with zero attached hydrogens (tertiary/aromatic N) is 2. The standard InChI is InChI=1S/C12H20N2O2S/c1-5-14(7-11(15)16-4)6-10-8-17-12(13-10)9(2)3/h8-9H,5-7H2,1-4H3. The number of carbonyl (C=O) groups is 1. The minimum Gasteiger partial charge on any atom is -0.468 e. The van der Waals surface area contributed by atoms with Crippen molar-refractivity contribution in [2.75, 3.05) is 20.2 Å². The molecule has 0 radical (unpaired) electrons. The lowest BCUT2D eigenvalue weighted by atomic mass is 10.2. The van der Waals surface area contributed by atoms with Gasteiger partial charge in [-0.15, -0.1) is 11.3 Å². The van der Waals surface area contributed by atoms with Crippen LogP contribution >= 0.6 is 11.3 Å². The number of thiazole rings is 1. The van der Waals surface area contributed by atoms with E-state index in [0.29, 0.717) is 19.0 Å². The minimum absolute atomic E-state index is 0.203. The van der Waals surface area contributed by atoms with Crippen molar-refractivity contribution in [3.8, 4) is 0 Å². The molecule has 4 nitrogen and oxygen atoms in total. The molecule has 0 atom stereocenters. The molecule has 17 heavy (non-hydrogen) atoms. The molecule has 0 unspecified atom stereocenters. The number of rotatable bonds is 6. The fourth-order valence-corrected chi connectivity index (χ4v) is 2.24. The molecule has 0 saturated heterocycles. The van der Waals surface area contributed by atoms with E-state index in [1.807, 2.05) is 11.8 Å². The summed E-state index contributed by atoms with van der Waals surface area (Å²) in [6.45, 7) is 8.13. The van der Waals surface area contributed by atoms with E-state index in [1.165, 1.54) is 7.11 Å². The Morgan fingerprint density at radius 2 is 2.29 bits per heavy atom. The van der Waals surface area contributed by atoms with Crippen LogP contribution in [-0.2, 0) is 16.1 Å². The summed E-state index contributed by atoms with van der Waals surface area (Å²) in [7, 11) is 1.41. The molecule has 0 amide bonds. The monoisotopic (exact) mass is 256 g/mol. The zero-order valence-corrected chi connectivity index (χ0v) is 11.7. The predicted molar refractivity (Wildman–Crippen MR) is 69.2 cm³/mol. The maximum Gasteiger partial charge on any atom is 0.319 e. The molecule has 0 bridgehead atoms. The molecular weight excluding hydrogens is 236 g/mol. The molecule has 96 valence electrons. The lowest BCUT2D eigenvalue weighted by Crippen LogP contribution is -2.30. The largest absolute Gasteiger partial charge is 0.468 e. The first kappa shape index (κ1) is 14.1. The first-order valence-corrected chi connectivity index (χ1v) is 6.68. The van der Waals surface area contributed by atoms with E-state index in [9.17, 15) is 4.79 Å². The number of carbonyl (C=O) groups excluding carboxylic acids is 1. The first-order valence-electron chi connectivity index (χ1n) is 5.80. The smallest absolute Gasteiger partial charge is 0.319 e. The third-order valence-electron chi connectivity index (χ3n) is 2.48. The van der Waals surface area contributed by atoms with Gasteiger partial charge in [0.25, 0.3) is 0 Å². The Labute approximate surface area is 107 Å². The lowest BCUT2D eigenvalue weighted by Gasteiger charge is -2.17. The van der Waals surface area contributed by atoms with Crippen LogP contribution in [0.15, 0.2) is 5.38 Å². The highest BCUT2D eigenvalue weighted by Crippen LogP contribution is 2.19. The quantitative estimate of drug-likeness (QED) is 0.732. The summed E-state index contributed by atoms with van der Waals surface area (Å²) >= 11 is 1.68. The number of ether oxygens (including phenoxy) is 1. The summed E-state index contributed by atoms with van der Waals surface area (Å²) in [5, 5.41) is 3.21. The van der Waals surface area contributed by atoms with Crippen LogP contribution in [0.5, 0.6) is 0 Å². The maximum absolute atomic E-state index is 11.2. The van der Waals surface area contributed by atoms with Gasteiger partial charge >= 0.3 is 5.97 Å². The summed E-state index contributed by atoms with van der Waals surface area (Å²) in [5.74, 6) is 0.260. The summed E-state index contributed by atoms with van der Waals surface area (Å²) in [5.41, 5.74) is 1.03. The highest BCUT2D eigenvalue weighted by molar-refractivity contribution is 7.09. The zero-order chi connectivity index (χ0) is 12.8. The van der Waals surface area contributed by atoms with Crippen LogP contribution in [0.2, 0.25) is 0 Å². The number of methoxy groups -OCH3 is 1. The molecule has 0 aliphatic carbocycles. The highest BCUT2D eigenvalue weighted by atomic mass is 32.1. The van der Waals surface area contributed by atoms with E-state index in [4.69, 9.17) is 0 Å². The van der Waals surface area contributed by atoms with E-state index in [-0.39, 0.29) is 5.97 Å². The Balaban J connectivity index is 2.57. The van der Waals surface area contributed by atoms with Crippen LogP contribution in [-0.4, -0.2) is 36.1 Å². The van der Waals surface area contributed by atoms with Gasteiger partial charge in [0.05, 0.1) is 24.4 Å². The van der Waals surface area contributed by atoms with Crippen molar-refractivity contribution in [2.45, 2.75) is 33.2 Å². The van der Waals surface area contributed by atoms with Gasteiger partial charge < -0.3 is 4.74 Å². The molecule has 0 aromatic carbocycles. The molecule has 0 aliphatic heterocycles. The van der Waals surface area contributed by atoms with E-state index in [0.717, 1.165) is 17.2 Å². The Kier molecular flexibility index (Phi) is 5.58. The van der Waals surface area contributed by atoms with E-state index in [2.05, 4.69) is 28.9 Å². The molecule has 0 N–H and O–H groups in total. The Morgan fingerprint density at radius 3 is 2.76 bits per heavy atom. The molecule has 5 heteroatoms. The van der Waals surface area contributed by atoms with Crippen LogP contribution in [0, 0.1) is 0 Å². The number of aromatic nitrogens is 1. The fourth-order valence-electron chi connectivity index (χ4n) is 1.42. The first-order chi connectivity index (χ1) is 8.06. The van der Waals surface area contributed by atoms with Crippen molar-refractivity contribution in [3.05, 3.63) is 16.1 Å². The Morgan fingerprint density at radius 1 is 1.59 bits per heavy atom. The van der Waals surface area contributed by atoms with Crippen molar-refractivity contribution in [3.63, 3.8) is 0 Å². The third kappa shape index (κ3) is 4.44. The van der Waals surface area contributed by atoms with Crippen LogP contribution < -0.4 is 0 Å². The Hall–Kier alpha value is -0.940. The number of hydrogen-bond acceptors (Lipinski definition) is 5. The van der Waals surface area contributed by atoms with Crippen LogP contribution in [0.4, 0.5) is 0 Å². The van der Waals surface area contributed by atoms with Crippen molar-refractivity contribution in [1.82, 2.24) is 9.88 Å². The van der Waals surface area contributed by atoms with Gasteiger partial charge in [-0.05, 0) is 6.54 Å². The molecule has 1 rings (SSSR count). The average Bonchev–Trinajstić information content (AvgIpc) is 2.76. The van der Waals surface area contributed by atoms with E-state index >= 15 is 0 Å². The minimum atomic E-state index is -0.203. The molecule has 1 aromatic rings. The van der Waals surface area contributed by atoms with E-state index in [1.54, 1.807) is 11.3 Å². The summed E-state index contributed by atoms with van der Waals surface area (Å²) in [4.78, 5) is 17.8. The topological polar surface area (TPSA) is 42.4 Å². The van der Waals surface area contributed by atoms with Gasteiger partial charge in [-0.2, -0.15) is 0 Å². The van der Waals surface area contributed by atoms with Crippen molar-refractivity contribution < 1.29 is 9.53 Å². The summed E-state index contributed by atoms with van der Waals surface area (Å²) in [6, 6.07) is 0. The van der Waals surface area contributed by atoms with Gasteiger partial charge in [0, 0.05) is 17.8 Å². The van der Waals surface area contributed by atoms with Crippen LogP contribution in [0.1, 0.15) is 37.4 Å². The zero-order valence-electron chi connectivity index (χ0n) is 10.9. The molecule has 1 heterocycles. The SMILES string of the molecule is CCN(CC(=O)OC)Cc1csc(C(C)C)n1. The second kappa shape index (κ2) is 6.71. The summed E-state index contributed by atoms with van der Waals surface area (Å²) < 4.78 is 4.67. The fraction of sp³-hybridized carbons (Fsp3) is 0.667. The molecule has 0 fully saturated rings. The van der Waals surface area contributed by atoms with Crippen molar-refractivity contribution in [1.29, 1.82) is 0 Å². The van der Waals surface area contributed by atoms with Gasteiger partial charge in [-0.1, -0.05) is 20.8 Å². The number of esters is 1. The average molecular weight is 256 g/mol. The highest BCUT2D eigenvalue weighted by Gasteiger charge is 2.12. The lowest BCUT2D eigenvalue weighted by molar-refractivity contribution is -0.142. The number of hydrogen-bond donors (Lipinski definition) is 0. The third-order valence-corrected chi connectivity index (χ3v) is 3.67. The normalized spacial score (nSPS) is 11.2. The van der Waals surface area contributed by atoms with Gasteiger partial charge in [0.1, 0.15) is 0 Å². The van der Waals surface area contributed by atoms with Crippen LogP contribution in [0.25, 0.3) is 0 Å². The van der Waals surface area contributed by atoms with E-state index < -0.39 is 0 Å². The van der Waals surface area contributed by atoms with Crippen molar-refractivity contribution >= 4 is 17.3 Å². The molecule has 1 aromatic heterocycles. The predicted octanol–water partition coefficient (Wildman–Crippen LogP) is 2.26. The molecular formula is C12H20N2O2S. The van der Waals surface area contributed by atoms with Crippen molar-refractivity contribution in [2.24, 2.45) is 0 Å².